The molecule has 2 N–H and O–H groups in total. The first-order valence-electron chi connectivity index (χ1n) is 4.63. The highest BCUT2D eigenvalue weighted by molar-refractivity contribution is 7.79. The van der Waals surface area contributed by atoms with E-state index in [-0.39, 0.29) is 9.92 Å². The van der Waals surface area contributed by atoms with Crippen molar-refractivity contribution in [2.24, 2.45) is 0 Å². The van der Waals surface area contributed by atoms with E-state index in [2.05, 4.69) is 0 Å². The molecule has 16 heavy (non-hydrogen) atoms. The number of ether oxygens (including phenoxy) is 1. The first-order valence-corrected chi connectivity index (χ1v) is 6.11. The van der Waals surface area contributed by atoms with Gasteiger partial charge in [0.05, 0.1) is 9.92 Å². The van der Waals surface area contributed by atoms with Gasteiger partial charge in [-0.2, -0.15) is 0 Å². The van der Waals surface area contributed by atoms with Crippen molar-refractivity contribution in [2.75, 3.05) is 7.11 Å². The van der Waals surface area contributed by atoms with Crippen molar-refractivity contribution in [1.82, 2.24) is 0 Å². The summed E-state index contributed by atoms with van der Waals surface area (Å²) < 4.78 is 25.0. The lowest BCUT2D eigenvalue weighted by atomic mass is 10.0. The third-order valence-corrected chi connectivity index (χ3v) is 3.54. The molecule has 1 aromatic carbocycles. The second-order valence-electron chi connectivity index (χ2n) is 3.24. The van der Waals surface area contributed by atoms with Crippen LogP contribution in [0.4, 0.5) is 0 Å². The van der Waals surface area contributed by atoms with Crippen molar-refractivity contribution < 1.29 is 18.6 Å². The molecule has 0 amide bonds. The molecule has 0 aliphatic rings. The maximum atomic E-state index is 11.0. The predicted octanol–water partition coefficient (Wildman–Crippen LogP) is 2.12. The van der Waals surface area contributed by atoms with Crippen LogP contribution in [-0.2, 0) is 21.6 Å². The lowest BCUT2D eigenvalue weighted by Gasteiger charge is -2.25. The Bertz CT molecular complexity index is 404. The molecule has 0 heterocycles. The SMILES string of the molecule is CC[C@@](O)(OC)c1ccc(Cl)c(S(=O)O)c1. The zero-order chi connectivity index (χ0) is 12.3. The van der Waals surface area contributed by atoms with E-state index in [0.717, 1.165) is 0 Å². The second kappa shape index (κ2) is 5.25. The highest BCUT2D eigenvalue weighted by Gasteiger charge is 2.27. The minimum atomic E-state index is -2.19. The zero-order valence-corrected chi connectivity index (χ0v) is 10.5. The number of rotatable bonds is 4. The fourth-order valence-corrected chi connectivity index (χ4v) is 2.12. The van der Waals surface area contributed by atoms with Gasteiger partial charge in [-0.15, -0.1) is 0 Å². The molecule has 0 fully saturated rings. The molecule has 1 unspecified atom stereocenters. The van der Waals surface area contributed by atoms with Gasteiger partial charge in [-0.05, 0) is 12.1 Å². The summed E-state index contributed by atoms with van der Waals surface area (Å²) in [5, 5.41) is 10.2. The number of methoxy groups -OCH3 is 1. The molecule has 0 aliphatic heterocycles. The van der Waals surface area contributed by atoms with Gasteiger partial charge in [-0.1, -0.05) is 24.6 Å². The molecule has 2 atom stereocenters. The summed E-state index contributed by atoms with van der Waals surface area (Å²) in [6.45, 7) is 1.74. The molecule has 90 valence electrons. The number of hydrogen-bond donors (Lipinski definition) is 2. The van der Waals surface area contributed by atoms with E-state index >= 15 is 0 Å². The Labute approximate surface area is 101 Å². The van der Waals surface area contributed by atoms with E-state index in [0.29, 0.717) is 12.0 Å². The molecule has 1 rings (SSSR count). The quantitative estimate of drug-likeness (QED) is 0.646. The summed E-state index contributed by atoms with van der Waals surface area (Å²) in [4.78, 5) is 0.0584. The molecule has 0 bridgehead atoms. The molecular formula is C10H13ClO4S. The van der Waals surface area contributed by atoms with Crippen LogP contribution >= 0.6 is 11.6 Å². The standard InChI is InChI=1S/C10H13ClO4S/c1-3-10(12,15-2)7-4-5-8(11)9(6-7)16(13)14/h4-6,12H,3H2,1-2H3,(H,13,14)/t10-/m1/s1. The van der Waals surface area contributed by atoms with E-state index < -0.39 is 16.9 Å². The van der Waals surface area contributed by atoms with Gasteiger partial charge >= 0.3 is 0 Å². The normalized spacial score (nSPS) is 16.8. The maximum absolute atomic E-state index is 11.0. The van der Waals surface area contributed by atoms with Gasteiger partial charge in [0.25, 0.3) is 0 Å². The van der Waals surface area contributed by atoms with Crippen molar-refractivity contribution in [3.8, 4) is 0 Å². The molecule has 4 nitrogen and oxygen atoms in total. The van der Waals surface area contributed by atoms with Crippen molar-refractivity contribution in [3.05, 3.63) is 28.8 Å². The van der Waals surface area contributed by atoms with E-state index in [9.17, 15) is 9.32 Å². The van der Waals surface area contributed by atoms with Gasteiger partial charge in [0, 0.05) is 19.1 Å². The summed E-state index contributed by atoms with van der Waals surface area (Å²) >= 11 is 3.56. The fourth-order valence-electron chi connectivity index (χ4n) is 1.35. The Morgan fingerprint density at radius 1 is 1.56 bits per heavy atom. The highest BCUT2D eigenvalue weighted by atomic mass is 35.5. The molecule has 1 aromatic rings. The Morgan fingerprint density at radius 2 is 2.19 bits per heavy atom. The molecule has 0 spiro atoms. The molecule has 0 aliphatic carbocycles. The second-order valence-corrected chi connectivity index (χ2v) is 4.58. The highest BCUT2D eigenvalue weighted by Crippen LogP contribution is 2.30. The van der Waals surface area contributed by atoms with E-state index in [1.54, 1.807) is 13.0 Å². The van der Waals surface area contributed by atoms with Crippen LogP contribution < -0.4 is 0 Å². The zero-order valence-electron chi connectivity index (χ0n) is 8.94. The summed E-state index contributed by atoms with van der Waals surface area (Å²) in [7, 11) is 1.37. The molecule has 0 saturated carbocycles. The van der Waals surface area contributed by atoms with Crippen molar-refractivity contribution in [3.63, 3.8) is 0 Å². The summed E-state index contributed by atoms with van der Waals surface area (Å²) in [5.74, 6) is -1.46. The van der Waals surface area contributed by atoms with Crippen LogP contribution in [0, 0.1) is 0 Å². The lowest BCUT2D eigenvalue weighted by Crippen LogP contribution is -2.27. The largest absolute Gasteiger partial charge is 0.362 e. The first-order chi connectivity index (χ1) is 7.44. The van der Waals surface area contributed by atoms with Crippen LogP contribution in [0.3, 0.4) is 0 Å². The summed E-state index contributed by atoms with van der Waals surface area (Å²) in [5.41, 5.74) is 0.402. The Kier molecular flexibility index (Phi) is 4.46. The smallest absolute Gasteiger partial charge is 0.191 e. The van der Waals surface area contributed by atoms with Gasteiger partial charge in [0.1, 0.15) is 0 Å². The van der Waals surface area contributed by atoms with Gasteiger partial charge in [0.15, 0.2) is 16.9 Å². The van der Waals surface area contributed by atoms with Crippen LogP contribution in [0.25, 0.3) is 0 Å². The third kappa shape index (κ3) is 2.61. The summed E-state index contributed by atoms with van der Waals surface area (Å²) in [6, 6.07) is 4.39. The Morgan fingerprint density at radius 3 is 2.62 bits per heavy atom. The Hall–Kier alpha value is -0.460. The average Bonchev–Trinajstić information content (AvgIpc) is 2.28. The van der Waals surface area contributed by atoms with Gasteiger partial charge in [-0.3, -0.25) is 0 Å². The first kappa shape index (κ1) is 13.6. The molecule has 6 heteroatoms. The van der Waals surface area contributed by atoms with Crippen LogP contribution in [0.15, 0.2) is 23.1 Å². The van der Waals surface area contributed by atoms with Crippen LogP contribution in [0.2, 0.25) is 5.02 Å². The topological polar surface area (TPSA) is 66.8 Å². The molecule has 0 aromatic heterocycles. The minimum Gasteiger partial charge on any atom is -0.362 e. The van der Waals surface area contributed by atoms with Crippen molar-refractivity contribution in [2.45, 2.75) is 24.0 Å². The maximum Gasteiger partial charge on any atom is 0.191 e. The third-order valence-electron chi connectivity index (χ3n) is 2.39. The van der Waals surface area contributed by atoms with Gasteiger partial charge in [-0.25, -0.2) is 4.21 Å². The Balaban J connectivity index is 3.27. The van der Waals surface area contributed by atoms with Crippen LogP contribution in [0.5, 0.6) is 0 Å². The van der Waals surface area contributed by atoms with E-state index in [1.807, 2.05) is 0 Å². The van der Waals surface area contributed by atoms with Gasteiger partial charge < -0.3 is 14.4 Å². The van der Waals surface area contributed by atoms with Gasteiger partial charge in [0.2, 0.25) is 0 Å². The molecular weight excluding hydrogens is 252 g/mol. The predicted molar refractivity (Wildman–Crippen MR) is 61.7 cm³/mol. The van der Waals surface area contributed by atoms with E-state index in [4.69, 9.17) is 20.9 Å². The lowest BCUT2D eigenvalue weighted by molar-refractivity contribution is -0.196. The van der Waals surface area contributed by atoms with Crippen LogP contribution in [0.1, 0.15) is 18.9 Å². The van der Waals surface area contributed by atoms with E-state index in [1.165, 1.54) is 19.2 Å². The van der Waals surface area contributed by atoms with Crippen LogP contribution in [-0.4, -0.2) is 21.0 Å². The number of hydrogen-bond acceptors (Lipinski definition) is 3. The monoisotopic (exact) mass is 264 g/mol. The average molecular weight is 265 g/mol. The van der Waals surface area contributed by atoms with Crippen molar-refractivity contribution >= 4 is 22.7 Å². The number of aliphatic hydroxyl groups is 1. The minimum absolute atomic E-state index is 0.0584. The fraction of sp³-hybridized carbons (Fsp3) is 0.400. The van der Waals surface area contributed by atoms with Crippen molar-refractivity contribution in [1.29, 1.82) is 0 Å². The summed E-state index contributed by atoms with van der Waals surface area (Å²) in [6.07, 6.45) is 0.322. The number of benzene rings is 1. The molecule has 0 saturated heterocycles. The number of halogens is 1. The molecule has 0 radical (unpaired) electrons.